The molecule has 0 aliphatic heterocycles. The van der Waals surface area contributed by atoms with Crippen molar-refractivity contribution in [3.05, 3.63) is 37.1 Å². The lowest BCUT2D eigenvalue weighted by atomic mass is 10.2. The molecule has 0 aliphatic rings. The topological polar surface area (TPSA) is 134 Å². The predicted octanol–water partition coefficient (Wildman–Crippen LogP) is -1.23. The fourth-order valence-corrected chi connectivity index (χ4v) is 1.68. The Morgan fingerprint density at radius 2 is 2.14 bits per heavy atom. The van der Waals surface area contributed by atoms with E-state index in [1.807, 2.05) is 0 Å². The molecule has 0 saturated heterocycles. The minimum Gasteiger partial charge on any atom is -0.466 e. The van der Waals surface area contributed by atoms with E-state index < -0.39 is 46.9 Å². The van der Waals surface area contributed by atoms with Gasteiger partial charge in [-0.25, -0.2) is 4.79 Å². The number of aryl methyl sites for hydroxylation is 1. The summed E-state index contributed by atoms with van der Waals surface area (Å²) in [5.74, 6) is -0.694. The lowest BCUT2D eigenvalue weighted by Crippen LogP contribution is -2.42. The summed E-state index contributed by atoms with van der Waals surface area (Å²) in [6, 6.07) is 0. The molecule has 0 saturated carbocycles. The van der Waals surface area contributed by atoms with Crippen LogP contribution in [0.5, 0.6) is 0 Å². The number of aliphatic hydroxyl groups is 1. The van der Waals surface area contributed by atoms with Crippen LogP contribution < -0.4 is 11.2 Å². The van der Waals surface area contributed by atoms with E-state index in [0.717, 1.165) is 10.8 Å². The maximum Gasteiger partial charge on any atom is 0.350 e. The number of nitrogens with zero attached hydrogens (tertiary/aromatic N) is 3. The quantitative estimate of drug-likeness (QED) is 0.395. The SMILES string of the molecule is CCOC(=O)CC(O)Cn1c(=O)c([N+](=O)[O-])cn(C)c1=O. The predicted molar refractivity (Wildman–Crippen MR) is 69.9 cm³/mol. The van der Waals surface area contributed by atoms with Gasteiger partial charge in [0.2, 0.25) is 0 Å². The third kappa shape index (κ3) is 3.99. The normalized spacial score (nSPS) is 12.0. The van der Waals surface area contributed by atoms with Gasteiger partial charge in [0.1, 0.15) is 0 Å². The molecule has 0 bridgehead atoms. The molecule has 116 valence electrons. The largest absolute Gasteiger partial charge is 0.466 e. The summed E-state index contributed by atoms with van der Waals surface area (Å²) in [4.78, 5) is 44.6. The van der Waals surface area contributed by atoms with Gasteiger partial charge < -0.3 is 9.84 Å². The number of carbonyl (C=O) groups is 1. The molecule has 1 unspecified atom stereocenters. The van der Waals surface area contributed by atoms with Crippen LogP contribution in [0.3, 0.4) is 0 Å². The van der Waals surface area contributed by atoms with Gasteiger partial charge in [-0.2, -0.15) is 0 Å². The molecule has 1 aromatic rings. The van der Waals surface area contributed by atoms with E-state index >= 15 is 0 Å². The summed E-state index contributed by atoms with van der Waals surface area (Å²) in [7, 11) is 1.24. The highest BCUT2D eigenvalue weighted by atomic mass is 16.6. The average Bonchev–Trinajstić information content (AvgIpc) is 2.38. The van der Waals surface area contributed by atoms with Gasteiger partial charge in [0.15, 0.2) is 0 Å². The van der Waals surface area contributed by atoms with Crippen LogP contribution in [0.1, 0.15) is 13.3 Å². The highest BCUT2D eigenvalue weighted by Crippen LogP contribution is 2.01. The molecular weight excluding hydrogens is 286 g/mol. The maximum atomic E-state index is 11.8. The van der Waals surface area contributed by atoms with Gasteiger partial charge in [-0.3, -0.25) is 28.8 Å². The zero-order valence-corrected chi connectivity index (χ0v) is 11.5. The zero-order chi connectivity index (χ0) is 16.2. The third-order valence-corrected chi connectivity index (χ3v) is 2.61. The van der Waals surface area contributed by atoms with Gasteiger partial charge in [0.05, 0.1) is 36.8 Å². The van der Waals surface area contributed by atoms with Gasteiger partial charge in [-0.1, -0.05) is 0 Å². The number of aromatic nitrogens is 2. The number of aliphatic hydroxyl groups excluding tert-OH is 1. The molecule has 21 heavy (non-hydrogen) atoms. The Bertz CT molecular complexity index is 661. The molecule has 1 N–H and O–H groups in total. The Balaban J connectivity index is 3.08. The summed E-state index contributed by atoms with van der Waals surface area (Å²) in [5.41, 5.74) is -2.75. The molecule has 1 atom stereocenters. The van der Waals surface area contributed by atoms with Crippen molar-refractivity contribution in [2.24, 2.45) is 7.05 Å². The standard InChI is InChI=1S/C11H15N3O7/c1-3-21-9(16)4-7(15)5-13-10(17)8(14(19)20)6-12(2)11(13)18/h6-7,15H,3-5H2,1-2H3. The molecule has 0 aliphatic carbocycles. The van der Waals surface area contributed by atoms with Crippen LogP contribution in [0, 0.1) is 10.1 Å². The minimum atomic E-state index is -1.36. The van der Waals surface area contributed by atoms with E-state index in [1.54, 1.807) is 6.92 Å². The lowest BCUT2D eigenvalue weighted by Gasteiger charge is -2.12. The Morgan fingerprint density at radius 1 is 1.52 bits per heavy atom. The Hall–Kier alpha value is -2.49. The van der Waals surface area contributed by atoms with Crippen LogP contribution >= 0.6 is 0 Å². The van der Waals surface area contributed by atoms with Gasteiger partial charge in [-0.15, -0.1) is 0 Å². The van der Waals surface area contributed by atoms with E-state index in [9.17, 15) is 29.6 Å². The Morgan fingerprint density at radius 3 is 2.67 bits per heavy atom. The van der Waals surface area contributed by atoms with Crippen LogP contribution in [-0.4, -0.2) is 37.8 Å². The maximum absolute atomic E-state index is 11.8. The van der Waals surface area contributed by atoms with E-state index in [1.165, 1.54) is 7.05 Å². The molecule has 0 spiro atoms. The molecule has 0 aromatic carbocycles. The van der Waals surface area contributed by atoms with Crippen molar-refractivity contribution in [3.8, 4) is 0 Å². The van der Waals surface area contributed by atoms with Crippen LogP contribution in [0.25, 0.3) is 0 Å². The lowest BCUT2D eigenvalue weighted by molar-refractivity contribution is -0.387. The van der Waals surface area contributed by atoms with E-state index in [0.29, 0.717) is 4.57 Å². The van der Waals surface area contributed by atoms with Crippen molar-refractivity contribution in [1.29, 1.82) is 0 Å². The number of carbonyl (C=O) groups excluding carboxylic acids is 1. The van der Waals surface area contributed by atoms with Gasteiger partial charge in [-0.05, 0) is 6.92 Å². The Kier molecular flexibility index (Phi) is 5.36. The number of hydrogen-bond acceptors (Lipinski definition) is 7. The summed E-state index contributed by atoms with van der Waals surface area (Å²) in [5, 5.41) is 20.4. The third-order valence-electron chi connectivity index (χ3n) is 2.61. The number of esters is 1. The summed E-state index contributed by atoms with van der Waals surface area (Å²) >= 11 is 0. The van der Waals surface area contributed by atoms with Gasteiger partial charge >= 0.3 is 22.9 Å². The number of nitro groups is 1. The monoisotopic (exact) mass is 301 g/mol. The van der Waals surface area contributed by atoms with Crippen LogP contribution in [0.2, 0.25) is 0 Å². The molecule has 0 radical (unpaired) electrons. The number of ether oxygens (including phenoxy) is 1. The van der Waals surface area contributed by atoms with Crippen molar-refractivity contribution < 1.29 is 19.6 Å². The number of rotatable bonds is 6. The zero-order valence-electron chi connectivity index (χ0n) is 11.5. The van der Waals surface area contributed by atoms with E-state index in [2.05, 4.69) is 4.74 Å². The van der Waals surface area contributed by atoms with Crippen LogP contribution in [0.4, 0.5) is 5.69 Å². The number of hydrogen-bond donors (Lipinski definition) is 1. The molecule has 1 heterocycles. The van der Waals surface area contributed by atoms with Crippen LogP contribution in [-0.2, 0) is 23.1 Å². The minimum absolute atomic E-state index is 0.129. The molecule has 1 aromatic heterocycles. The van der Waals surface area contributed by atoms with Gasteiger partial charge in [0.25, 0.3) is 0 Å². The first kappa shape index (κ1) is 16.6. The first-order valence-corrected chi connectivity index (χ1v) is 6.06. The first-order chi connectivity index (χ1) is 9.77. The summed E-state index contributed by atoms with van der Waals surface area (Å²) < 4.78 is 5.99. The van der Waals surface area contributed by atoms with Crippen molar-refractivity contribution >= 4 is 11.7 Å². The van der Waals surface area contributed by atoms with E-state index in [-0.39, 0.29) is 6.61 Å². The second-order valence-corrected chi connectivity index (χ2v) is 4.24. The highest BCUT2D eigenvalue weighted by molar-refractivity contribution is 5.69. The fourth-order valence-electron chi connectivity index (χ4n) is 1.68. The van der Waals surface area contributed by atoms with Gasteiger partial charge in [0, 0.05) is 7.05 Å². The average molecular weight is 301 g/mol. The second kappa shape index (κ2) is 6.79. The van der Waals surface area contributed by atoms with Crippen molar-refractivity contribution in [1.82, 2.24) is 9.13 Å². The highest BCUT2D eigenvalue weighted by Gasteiger charge is 2.21. The van der Waals surface area contributed by atoms with E-state index in [4.69, 9.17) is 0 Å². The molecule has 0 fully saturated rings. The second-order valence-electron chi connectivity index (χ2n) is 4.24. The molecule has 1 rings (SSSR count). The molecule has 10 heteroatoms. The van der Waals surface area contributed by atoms with Crippen LogP contribution in [0.15, 0.2) is 15.8 Å². The summed E-state index contributed by atoms with van der Waals surface area (Å²) in [6.07, 6.45) is -0.984. The molecule has 10 nitrogen and oxygen atoms in total. The molecule has 0 amide bonds. The van der Waals surface area contributed by atoms with Crippen molar-refractivity contribution in [2.75, 3.05) is 6.61 Å². The smallest absolute Gasteiger partial charge is 0.350 e. The molecular formula is C11H15N3O7. The summed E-state index contributed by atoms with van der Waals surface area (Å²) in [6.45, 7) is 1.18. The fraction of sp³-hybridized carbons (Fsp3) is 0.545. The Labute approximate surface area is 118 Å². The van der Waals surface area contributed by atoms with Crippen molar-refractivity contribution in [3.63, 3.8) is 0 Å². The van der Waals surface area contributed by atoms with Crippen molar-refractivity contribution in [2.45, 2.75) is 26.0 Å². The first-order valence-electron chi connectivity index (χ1n) is 6.06.